The predicted molar refractivity (Wildman–Crippen MR) is 89.7 cm³/mol. The molecule has 6 heteroatoms. The highest BCUT2D eigenvalue weighted by molar-refractivity contribution is 7.86. The van der Waals surface area contributed by atoms with E-state index in [9.17, 15) is 13.2 Å². The maximum atomic E-state index is 12.0. The average molecular weight is 339 g/mol. The van der Waals surface area contributed by atoms with Crippen molar-refractivity contribution in [1.29, 1.82) is 0 Å². The van der Waals surface area contributed by atoms with Crippen molar-refractivity contribution in [3.05, 3.63) is 35.4 Å². The molecule has 0 radical (unpaired) electrons. The Labute approximate surface area is 138 Å². The molecule has 1 aromatic carbocycles. The zero-order valence-corrected chi connectivity index (χ0v) is 15.0. The van der Waals surface area contributed by atoms with Crippen molar-refractivity contribution in [3.63, 3.8) is 0 Å². The fourth-order valence-corrected chi connectivity index (χ4v) is 4.40. The van der Waals surface area contributed by atoms with Crippen molar-refractivity contribution in [2.24, 2.45) is 5.92 Å². The van der Waals surface area contributed by atoms with Gasteiger partial charge in [0.15, 0.2) is 0 Å². The van der Waals surface area contributed by atoms with Crippen LogP contribution in [0.25, 0.3) is 0 Å². The molecule has 0 aliphatic heterocycles. The fourth-order valence-electron chi connectivity index (χ4n) is 3.55. The van der Waals surface area contributed by atoms with E-state index in [1.807, 2.05) is 50.2 Å². The van der Waals surface area contributed by atoms with E-state index in [4.69, 9.17) is 4.18 Å². The van der Waals surface area contributed by atoms with E-state index in [1.54, 1.807) is 0 Å². The standard InChI is InChI=1S/C17H25NO4S/c1-13-7-5-6-8-16(13)17(22-23(4,20)21)10-9-15(19)11-14(17)12-18(2)3/h5-8,14H,9-12H2,1-4H3. The monoisotopic (exact) mass is 339 g/mol. The van der Waals surface area contributed by atoms with Gasteiger partial charge in [-0.15, -0.1) is 0 Å². The van der Waals surface area contributed by atoms with Crippen LogP contribution in [0.15, 0.2) is 24.3 Å². The summed E-state index contributed by atoms with van der Waals surface area (Å²) in [5, 5.41) is 0. The SMILES string of the molecule is Cc1ccccc1C1(OS(C)(=O)=O)CCC(=O)CC1CN(C)C. The number of hydrogen-bond donors (Lipinski definition) is 0. The van der Waals surface area contributed by atoms with Crippen LogP contribution in [0.1, 0.15) is 30.4 Å². The van der Waals surface area contributed by atoms with Crippen molar-refractivity contribution in [1.82, 2.24) is 4.90 Å². The Morgan fingerprint density at radius 2 is 1.96 bits per heavy atom. The molecule has 1 fully saturated rings. The Balaban J connectivity index is 2.59. The molecule has 0 aromatic heterocycles. The number of rotatable bonds is 5. The number of hydrogen-bond acceptors (Lipinski definition) is 5. The zero-order valence-electron chi connectivity index (χ0n) is 14.2. The third-order valence-corrected chi connectivity index (χ3v) is 5.00. The molecule has 0 amide bonds. The first-order valence-corrected chi connectivity index (χ1v) is 9.59. The van der Waals surface area contributed by atoms with E-state index >= 15 is 0 Å². The van der Waals surface area contributed by atoms with E-state index in [0.29, 0.717) is 25.8 Å². The van der Waals surface area contributed by atoms with Crippen LogP contribution in [0.3, 0.4) is 0 Å². The maximum absolute atomic E-state index is 12.0. The highest BCUT2D eigenvalue weighted by Crippen LogP contribution is 2.46. The van der Waals surface area contributed by atoms with Crippen LogP contribution < -0.4 is 0 Å². The maximum Gasteiger partial charge on any atom is 0.265 e. The summed E-state index contributed by atoms with van der Waals surface area (Å²) in [5.74, 6) is -0.0345. The van der Waals surface area contributed by atoms with Crippen LogP contribution in [-0.2, 0) is 24.7 Å². The summed E-state index contributed by atoms with van der Waals surface area (Å²) < 4.78 is 29.7. The van der Waals surface area contributed by atoms with Gasteiger partial charge >= 0.3 is 0 Å². The van der Waals surface area contributed by atoms with Gasteiger partial charge in [-0.2, -0.15) is 8.42 Å². The molecule has 0 N–H and O–H groups in total. The quantitative estimate of drug-likeness (QED) is 0.769. The van der Waals surface area contributed by atoms with Crippen LogP contribution in [-0.4, -0.2) is 46.0 Å². The van der Waals surface area contributed by atoms with E-state index in [0.717, 1.165) is 17.4 Å². The summed E-state index contributed by atoms with van der Waals surface area (Å²) in [6.45, 7) is 2.54. The lowest BCUT2D eigenvalue weighted by Crippen LogP contribution is -2.48. The molecule has 2 rings (SSSR count). The van der Waals surface area contributed by atoms with E-state index in [2.05, 4.69) is 0 Å². The highest BCUT2D eigenvalue weighted by atomic mass is 32.2. The van der Waals surface area contributed by atoms with Gasteiger partial charge in [-0.25, -0.2) is 0 Å². The van der Waals surface area contributed by atoms with Gasteiger partial charge in [0.1, 0.15) is 11.4 Å². The van der Waals surface area contributed by atoms with Crippen molar-refractivity contribution in [3.8, 4) is 0 Å². The molecule has 23 heavy (non-hydrogen) atoms. The number of aryl methyl sites for hydroxylation is 1. The van der Waals surface area contributed by atoms with Gasteiger partial charge < -0.3 is 4.90 Å². The lowest BCUT2D eigenvalue weighted by atomic mass is 9.70. The van der Waals surface area contributed by atoms with Crippen LogP contribution >= 0.6 is 0 Å². The second-order valence-electron chi connectivity index (χ2n) is 6.69. The van der Waals surface area contributed by atoms with Gasteiger partial charge in [0.2, 0.25) is 0 Å². The molecule has 5 nitrogen and oxygen atoms in total. The zero-order chi connectivity index (χ0) is 17.3. The number of benzene rings is 1. The third kappa shape index (κ3) is 4.19. The summed E-state index contributed by atoms with van der Waals surface area (Å²) >= 11 is 0. The van der Waals surface area contributed by atoms with Crippen molar-refractivity contribution in [2.75, 3.05) is 26.9 Å². The molecule has 0 heterocycles. The molecule has 1 aromatic rings. The average Bonchev–Trinajstić information content (AvgIpc) is 2.41. The Bertz CT molecular complexity index is 684. The summed E-state index contributed by atoms with van der Waals surface area (Å²) in [6, 6.07) is 7.67. The Morgan fingerprint density at radius 3 is 2.52 bits per heavy atom. The fraction of sp³-hybridized carbons (Fsp3) is 0.588. The summed E-state index contributed by atoms with van der Waals surface area (Å²) in [5.41, 5.74) is 0.871. The summed E-state index contributed by atoms with van der Waals surface area (Å²) in [6.07, 6.45) is 2.15. The molecular formula is C17H25NO4S. The molecule has 2 unspecified atom stereocenters. The molecule has 0 saturated heterocycles. The van der Waals surface area contributed by atoms with Crippen LogP contribution in [0, 0.1) is 12.8 Å². The summed E-state index contributed by atoms with van der Waals surface area (Å²) in [7, 11) is 0.174. The van der Waals surface area contributed by atoms with E-state index in [-0.39, 0.29) is 11.7 Å². The Hall–Kier alpha value is -1.24. The number of Topliss-reactive ketones (excluding diaryl/α,β-unsaturated/α-hetero) is 1. The van der Waals surface area contributed by atoms with Crippen molar-refractivity contribution >= 4 is 15.9 Å². The topological polar surface area (TPSA) is 63.7 Å². The van der Waals surface area contributed by atoms with E-state index < -0.39 is 15.7 Å². The highest BCUT2D eigenvalue weighted by Gasteiger charge is 2.48. The Morgan fingerprint density at radius 1 is 1.30 bits per heavy atom. The molecule has 1 aliphatic rings. The summed E-state index contributed by atoms with van der Waals surface area (Å²) in [4.78, 5) is 14.0. The molecular weight excluding hydrogens is 314 g/mol. The first-order chi connectivity index (χ1) is 10.6. The molecule has 2 atom stereocenters. The minimum atomic E-state index is -3.66. The van der Waals surface area contributed by atoms with Gasteiger partial charge in [-0.3, -0.25) is 8.98 Å². The van der Waals surface area contributed by atoms with Gasteiger partial charge in [0.25, 0.3) is 10.1 Å². The second-order valence-corrected chi connectivity index (χ2v) is 8.27. The van der Waals surface area contributed by atoms with E-state index in [1.165, 1.54) is 0 Å². The van der Waals surface area contributed by atoms with Gasteiger partial charge in [0.05, 0.1) is 6.26 Å². The number of ketones is 1. The predicted octanol–water partition coefficient (Wildman–Crippen LogP) is 2.10. The smallest absolute Gasteiger partial charge is 0.265 e. The van der Waals surface area contributed by atoms with Crippen LogP contribution in [0.5, 0.6) is 0 Å². The minimum absolute atomic E-state index is 0.165. The first kappa shape index (κ1) is 18.1. The van der Waals surface area contributed by atoms with Gasteiger partial charge in [-0.1, -0.05) is 24.3 Å². The molecule has 1 aliphatic carbocycles. The largest absolute Gasteiger partial charge is 0.309 e. The molecule has 0 spiro atoms. The van der Waals surface area contributed by atoms with Gasteiger partial charge in [0, 0.05) is 25.3 Å². The van der Waals surface area contributed by atoms with Crippen LogP contribution in [0.2, 0.25) is 0 Å². The molecule has 128 valence electrons. The first-order valence-electron chi connectivity index (χ1n) is 7.77. The third-order valence-electron chi connectivity index (χ3n) is 4.40. The minimum Gasteiger partial charge on any atom is -0.309 e. The Kier molecular flexibility index (Phi) is 5.28. The van der Waals surface area contributed by atoms with Crippen molar-refractivity contribution < 1.29 is 17.4 Å². The second kappa shape index (κ2) is 6.71. The van der Waals surface area contributed by atoms with Crippen molar-refractivity contribution in [2.45, 2.75) is 31.8 Å². The molecule has 1 saturated carbocycles. The number of carbonyl (C=O) groups is 1. The van der Waals surface area contributed by atoms with Crippen LogP contribution in [0.4, 0.5) is 0 Å². The normalized spacial score (nSPS) is 25.8. The lowest BCUT2D eigenvalue weighted by Gasteiger charge is -2.44. The van der Waals surface area contributed by atoms with Gasteiger partial charge in [-0.05, 0) is 38.6 Å². The number of nitrogens with zero attached hydrogens (tertiary/aromatic N) is 1. The number of carbonyl (C=O) groups excluding carboxylic acids is 1. The molecule has 0 bridgehead atoms. The lowest BCUT2D eigenvalue weighted by molar-refractivity contribution is -0.129.